The van der Waals surface area contributed by atoms with Crippen LogP contribution in [-0.4, -0.2) is 21.7 Å². The summed E-state index contributed by atoms with van der Waals surface area (Å²) in [6.45, 7) is 4.14. The molecule has 0 aliphatic heterocycles. The minimum atomic E-state index is -0.522. The smallest absolute Gasteiger partial charge is 0.269 e. The standard InChI is InChI=1S/C15H20N4O/c1-3-12(16)9-11-4-5-13(8-10(11)2)19-7-6-14(18-19)15(17)20/h4-8,12H,3,9,16H2,1-2H3,(H2,17,20). The van der Waals surface area contributed by atoms with Gasteiger partial charge in [-0.2, -0.15) is 5.10 Å². The van der Waals surface area contributed by atoms with E-state index in [2.05, 4.69) is 25.0 Å². The van der Waals surface area contributed by atoms with Gasteiger partial charge in [0.05, 0.1) is 5.69 Å². The van der Waals surface area contributed by atoms with E-state index in [1.165, 1.54) is 11.1 Å². The second-order valence-corrected chi connectivity index (χ2v) is 4.99. The first-order valence-electron chi connectivity index (χ1n) is 6.72. The number of primary amides is 1. The molecule has 0 bridgehead atoms. The SMILES string of the molecule is CCC(N)Cc1ccc(-n2ccc(C(N)=O)n2)cc1C. The van der Waals surface area contributed by atoms with Crippen molar-refractivity contribution in [1.29, 1.82) is 0 Å². The average molecular weight is 272 g/mol. The maximum atomic E-state index is 11.1. The van der Waals surface area contributed by atoms with Gasteiger partial charge in [-0.1, -0.05) is 13.0 Å². The molecule has 0 fully saturated rings. The Hall–Kier alpha value is -2.14. The van der Waals surface area contributed by atoms with E-state index in [4.69, 9.17) is 11.5 Å². The monoisotopic (exact) mass is 272 g/mol. The maximum Gasteiger partial charge on any atom is 0.269 e. The van der Waals surface area contributed by atoms with Crippen molar-refractivity contribution in [3.63, 3.8) is 0 Å². The summed E-state index contributed by atoms with van der Waals surface area (Å²) < 4.78 is 1.65. The molecule has 0 spiro atoms. The van der Waals surface area contributed by atoms with E-state index in [1.54, 1.807) is 16.9 Å². The highest BCUT2D eigenvalue weighted by Gasteiger charge is 2.08. The number of aryl methyl sites for hydroxylation is 1. The number of aromatic nitrogens is 2. The summed E-state index contributed by atoms with van der Waals surface area (Å²) in [6, 6.07) is 7.87. The van der Waals surface area contributed by atoms with Crippen molar-refractivity contribution in [3.8, 4) is 5.69 Å². The summed E-state index contributed by atoms with van der Waals surface area (Å²) in [5.74, 6) is -0.522. The van der Waals surface area contributed by atoms with E-state index in [9.17, 15) is 4.79 Å². The molecule has 4 N–H and O–H groups in total. The number of carbonyl (C=O) groups excluding carboxylic acids is 1. The highest BCUT2D eigenvalue weighted by molar-refractivity contribution is 5.90. The van der Waals surface area contributed by atoms with Gasteiger partial charge in [0.1, 0.15) is 5.69 Å². The summed E-state index contributed by atoms with van der Waals surface area (Å²) in [6.07, 6.45) is 3.56. The van der Waals surface area contributed by atoms with Crippen molar-refractivity contribution in [2.45, 2.75) is 32.7 Å². The van der Waals surface area contributed by atoms with Gasteiger partial charge in [0, 0.05) is 12.2 Å². The topological polar surface area (TPSA) is 86.9 Å². The zero-order chi connectivity index (χ0) is 14.7. The molecule has 1 unspecified atom stereocenters. The Morgan fingerprint density at radius 2 is 2.15 bits per heavy atom. The normalized spacial score (nSPS) is 12.3. The lowest BCUT2D eigenvalue weighted by Gasteiger charge is -2.12. The molecule has 1 heterocycles. The quantitative estimate of drug-likeness (QED) is 0.866. The molecule has 0 aliphatic carbocycles. The molecule has 0 aliphatic rings. The Morgan fingerprint density at radius 1 is 1.40 bits per heavy atom. The Balaban J connectivity index is 2.25. The summed E-state index contributed by atoms with van der Waals surface area (Å²) in [5.41, 5.74) is 14.8. The van der Waals surface area contributed by atoms with Gasteiger partial charge in [-0.25, -0.2) is 4.68 Å². The Labute approximate surface area is 118 Å². The molecule has 20 heavy (non-hydrogen) atoms. The van der Waals surface area contributed by atoms with E-state index < -0.39 is 5.91 Å². The van der Waals surface area contributed by atoms with E-state index >= 15 is 0 Å². The third-order valence-electron chi connectivity index (χ3n) is 3.44. The van der Waals surface area contributed by atoms with Crippen LogP contribution in [0.25, 0.3) is 5.69 Å². The van der Waals surface area contributed by atoms with Crippen molar-refractivity contribution in [1.82, 2.24) is 9.78 Å². The number of amides is 1. The second kappa shape index (κ2) is 5.88. The number of nitrogens with zero attached hydrogens (tertiary/aromatic N) is 2. The van der Waals surface area contributed by atoms with Crippen molar-refractivity contribution in [3.05, 3.63) is 47.3 Å². The lowest BCUT2D eigenvalue weighted by atomic mass is 10.00. The number of hydrogen-bond donors (Lipinski definition) is 2. The van der Waals surface area contributed by atoms with Gasteiger partial charge in [-0.15, -0.1) is 0 Å². The molecule has 5 nitrogen and oxygen atoms in total. The Bertz CT molecular complexity index is 618. The predicted octanol–water partition coefficient (Wildman–Crippen LogP) is 1.56. The molecule has 1 atom stereocenters. The third-order valence-corrected chi connectivity index (χ3v) is 3.44. The fourth-order valence-electron chi connectivity index (χ4n) is 2.08. The maximum absolute atomic E-state index is 11.1. The summed E-state index contributed by atoms with van der Waals surface area (Å²) >= 11 is 0. The van der Waals surface area contributed by atoms with Crippen molar-refractivity contribution in [2.75, 3.05) is 0 Å². The predicted molar refractivity (Wildman–Crippen MR) is 78.8 cm³/mol. The van der Waals surface area contributed by atoms with Gasteiger partial charge in [0.25, 0.3) is 5.91 Å². The number of rotatable bonds is 5. The van der Waals surface area contributed by atoms with E-state index in [0.717, 1.165) is 18.5 Å². The lowest BCUT2D eigenvalue weighted by molar-refractivity contribution is 0.0995. The van der Waals surface area contributed by atoms with Gasteiger partial charge in [-0.05, 0) is 49.1 Å². The van der Waals surface area contributed by atoms with Crippen LogP contribution in [0.2, 0.25) is 0 Å². The van der Waals surface area contributed by atoms with Crippen molar-refractivity contribution >= 4 is 5.91 Å². The fourth-order valence-corrected chi connectivity index (χ4v) is 2.08. The van der Waals surface area contributed by atoms with Crippen LogP contribution in [0, 0.1) is 6.92 Å². The molecule has 2 aromatic rings. The summed E-state index contributed by atoms with van der Waals surface area (Å²) in [4.78, 5) is 11.1. The first kappa shape index (κ1) is 14.3. The van der Waals surface area contributed by atoms with Crippen LogP contribution in [0.1, 0.15) is 35.0 Å². The number of hydrogen-bond acceptors (Lipinski definition) is 3. The van der Waals surface area contributed by atoms with Gasteiger partial charge in [-0.3, -0.25) is 4.79 Å². The first-order chi connectivity index (χ1) is 9.51. The molecule has 0 saturated carbocycles. The molecule has 1 amide bonds. The van der Waals surface area contributed by atoms with Crippen LogP contribution in [-0.2, 0) is 6.42 Å². The first-order valence-corrected chi connectivity index (χ1v) is 6.72. The van der Waals surface area contributed by atoms with Crippen LogP contribution < -0.4 is 11.5 Å². The molecule has 2 rings (SSSR count). The Morgan fingerprint density at radius 3 is 2.70 bits per heavy atom. The molecule has 0 radical (unpaired) electrons. The van der Waals surface area contributed by atoms with E-state index in [0.29, 0.717) is 0 Å². The summed E-state index contributed by atoms with van der Waals surface area (Å²) in [7, 11) is 0. The van der Waals surface area contributed by atoms with Crippen LogP contribution in [0.3, 0.4) is 0 Å². The Kier molecular flexibility index (Phi) is 4.20. The molecule has 1 aromatic heterocycles. The highest BCUT2D eigenvalue weighted by Crippen LogP contribution is 2.16. The van der Waals surface area contributed by atoms with Crippen molar-refractivity contribution in [2.24, 2.45) is 11.5 Å². The third kappa shape index (κ3) is 3.05. The minimum absolute atomic E-state index is 0.186. The number of carbonyl (C=O) groups is 1. The van der Waals surface area contributed by atoms with Gasteiger partial charge < -0.3 is 11.5 Å². The van der Waals surface area contributed by atoms with Gasteiger partial charge >= 0.3 is 0 Å². The highest BCUT2D eigenvalue weighted by atomic mass is 16.1. The van der Waals surface area contributed by atoms with Gasteiger partial charge in [0.15, 0.2) is 0 Å². The lowest BCUT2D eigenvalue weighted by Crippen LogP contribution is -2.21. The zero-order valence-electron chi connectivity index (χ0n) is 11.8. The summed E-state index contributed by atoms with van der Waals surface area (Å²) in [5, 5.41) is 4.15. The molecule has 106 valence electrons. The van der Waals surface area contributed by atoms with E-state index in [-0.39, 0.29) is 11.7 Å². The van der Waals surface area contributed by atoms with Crippen LogP contribution in [0.5, 0.6) is 0 Å². The van der Waals surface area contributed by atoms with Gasteiger partial charge in [0.2, 0.25) is 0 Å². The average Bonchev–Trinajstić information content (AvgIpc) is 2.90. The molecule has 1 aromatic carbocycles. The number of nitrogens with two attached hydrogens (primary N) is 2. The molecular formula is C15H20N4O. The number of benzene rings is 1. The van der Waals surface area contributed by atoms with Crippen molar-refractivity contribution < 1.29 is 4.79 Å². The molecule has 5 heteroatoms. The minimum Gasteiger partial charge on any atom is -0.364 e. The van der Waals surface area contributed by atoms with Crippen LogP contribution >= 0.6 is 0 Å². The van der Waals surface area contributed by atoms with Crippen LogP contribution in [0.4, 0.5) is 0 Å². The second-order valence-electron chi connectivity index (χ2n) is 4.99. The fraction of sp³-hybridized carbons (Fsp3) is 0.333. The molecule has 0 saturated heterocycles. The van der Waals surface area contributed by atoms with E-state index in [1.807, 2.05) is 12.1 Å². The largest absolute Gasteiger partial charge is 0.364 e. The van der Waals surface area contributed by atoms with Crippen LogP contribution in [0.15, 0.2) is 30.5 Å². The zero-order valence-corrected chi connectivity index (χ0v) is 11.8. The molecular weight excluding hydrogens is 252 g/mol.